The molecule has 0 aromatic heterocycles. The zero-order valence-electron chi connectivity index (χ0n) is 13.6. The van der Waals surface area contributed by atoms with E-state index >= 15 is 0 Å². The summed E-state index contributed by atoms with van der Waals surface area (Å²) in [5, 5.41) is 20.3. The molecule has 20 heavy (non-hydrogen) atoms. The molecule has 0 aliphatic carbocycles. The highest BCUT2D eigenvalue weighted by Gasteiger charge is 2.45. The van der Waals surface area contributed by atoms with Gasteiger partial charge in [-0.15, -0.1) is 0 Å². The first-order valence-corrected chi connectivity index (χ1v) is 7.47. The van der Waals surface area contributed by atoms with Crippen molar-refractivity contribution in [3.05, 3.63) is 35.9 Å². The van der Waals surface area contributed by atoms with Crippen LogP contribution in [0.3, 0.4) is 0 Å². The standard InChI is InChI=1S/C18H30O2/c1-16(2,3)14-18(11-12-19,17(4,5)20)13-15-9-7-6-8-10-15/h6-10,19-20H,11-14H2,1-5H3. The Balaban J connectivity index is 3.16. The Kier molecular flexibility index (Phi) is 5.39. The van der Waals surface area contributed by atoms with Gasteiger partial charge in [0.25, 0.3) is 0 Å². The highest BCUT2D eigenvalue weighted by atomic mass is 16.3. The largest absolute Gasteiger partial charge is 0.396 e. The van der Waals surface area contributed by atoms with E-state index in [2.05, 4.69) is 32.9 Å². The summed E-state index contributed by atoms with van der Waals surface area (Å²) in [6, 6.07) is 10.3. The Morgan fingerprint density at radius 3 is 1.90 bits per heavy atom. The Hall–Kier alpha value is -0.860. The lowest BCUT2D eigenvalue weighted by molar-refractivity contribution is -0.0883. The number of hydrogen-bond acceptors (Lipinski definition) is 2. The lowest BCUT2D eigenvalue weighted by atomic mass is 9.61. The molecule has 0 fully saturated rings. The quantitative estimate of drug-likeness (QED) is 0.831. The van der Waals surface area contributed by atoms with E-state index in [0.29, 0.717) is 6.42 Å². The van der Waals surface area contributed by atoms with Gasteiger partial charge in [-0.25, -0.2) is 0 Å². The van der Waals surface area contributed by atoms with Crippen molar-refractivity contribution >= 4 is 0 Å². The minimum atomic E-state index is -0.834. The van der Waals surface area contributed by atoms with E-state index in [1.165, 1.54) is 5.56 Å². The zero-order valence-corrected chi connectivity index (χ0v) is 13.6. The van der Waals surface area contributed by atoms with Crippen LogP contribution in [-0.2, 0) is 6.42 Å². The van der Waals surface area contributed by atoms with Gasteiger partial charge >= 0.3 is 0 Å². The van der Waals surface area contributed by atoms with Crippen LogP contribution in [-0.4, -0.2) is 22.4 Å². The van der Waals surface area contributed by atoms with Crippen molar-refractivity contribution < 1.29 is 10.2 Å². The van der Waals surface area contributed by atoms with Crippen molar-refractivity contribution in [1.82, 2.24) is 0 Å². The maximum atomic E-state index is 10.8. The Morgan fingerprint density at radius 2 is 1.50 bits per heavy atom. The smallest absolute Gasteiger partial charge is 0.0651 e. The molecule has 0 heterocycles. The van der Waals surface area contributed by atoms with Gasteiger partial charge in [0.05, 0.1) is 5.60 Å². The maximum absolute atomic E-state index is 10.8. The summed E-state index contributed by atoms with van der Waals surface area (Å²) < 4.78 is 0. The molecule has 1 aromatic carbocycles. The molecule has 114 valence electrons. The molecule has 1 aromatic rings. The first kappa shape index (κ1) is 17.2. The molecule has 2 nitrogen and oxygen atoms in total. The van der Waals surface area contributed by atoms with E-state index in [4.69, 9.17) is 0 Å². The predicted octanol–water partition coefficient (Wildman–Crippen LogP) is 3.81. The van der Waals surface area contributed by atoms with Crippen molar-refractivity contribution in [3.8, 4) is 0 Å². The first-order chi connectivity index (χ1) is 9.10. The predicted molar refractivity (Wildman–Crippen MR) is 84.7 cm³/mol. The van der Waals surface area contributed by atoms with E-state index in [1.807, 2.05) is 32.0 Å². The summed E-state index contributed by atoms with van der Waals surface area (Å²) >= 11 is 0. The van der Waals surface area contributed by atoms with E-state index < -0.39 is 5.60 Å². The average Bonchev–Trinajstić information content (AvgIpc) is 2.26. The molecule has 0 aliphatic heterocycles. The fourth-order valence-corrected chi connectivity index (χ4v) is 3.19. The number of aliphatic hydroxyl groups excluding tert-OH is 1. The molecule has 0 radical (unpaired) electrons. The highest BCUT2D eigenvalue weighted by molar-refractivity contribution is 5.18. The van der Waals surface area contributed by atoms with Gasteiger partial charge in [0.2, 0.25) is 0 Å². The van der Waals surface area contributed by atoms with Crippen LogP contribution in [0, 0.1) is 10.8 Å². The molecular formula is C18H30O2. The molecule has 2 N–H and O–H groups in total. The fraction of sp³-hybridized carbons (Fsp3) is 0.667. The van der Waals surface area contributed by atoms with Gasteiger partial charge in [0.1, 0.15) is 0 Å². The molecule has 1 atom stereocenters. The van der Waals surface area contributed by atoms with E-state index in [-0.39, 0.29) is 17.4 Å². The van der Waals surface area contributed by atoms with Crippen LogP contribution in [0.5, 0.6) is 0 Å². The minimum Gasteiger partial charge on any atom is -0.396 e. The summed E-state index contributed by atoms with van der Waals surface area (Å²) in [7, 11) is 0. The van der Waals surface area contributed by atoms with Crippen LogP contribution < -0.4 is 0 Å². The molecule has 0 aliphatic rings. The number of benzene rings is 1. The number of rotatable bonds is 6. The van der Waals surface area contributed by atoms with Crippen LogP contribution in [0.25, 0.3) is 0 Å². The minimum absolute atomic E-state index is 0.101. The third kappa shape index (κ3) is 4.60. The Bertz CT molecular complexity index is 398. The lowest BCUT2D eigenvalue weighted by Gasteiger charge is -2.47. The molecule has 0 bridgehead atoms. The van der Waals surface area contributed by atoms with Gasteiger partial charge in [-0.3, -0.25) is 0 Å². The molecule has 0 amide bonds. The second kappa shape index (κ2) is 6.28. The van der Waals surface area contributed by atoms with Gasteiger partial charge in [0, 0.05) is 12.0 Å². The van der Waals surface area contributed by atoms with Gasteiger partial charge in [-0.05, 0) is 44.1 Å². The molecule has 0 saturated heterocycles. The third-order valence-electron chi connectivity index (χ3n) is 4.14. The lowest BCUT2D eigenvalue weighted by Crippen LogP contribution is -2.48. The molecular weight excluding hydrogens is 248 g/mol. The van der Waals surface area contributed by atoms with Crippen LogP contribution >= 0.6 is 0 Å². The van der Waals surface area contributed by atoms with Gasteiger partial charge in [-0.1, -0.05) is 51.1 Å². The van der Waals surface area contributed by atoms with Crippen molar-refractivity contribution in [2.45, 2.75) is 59.5 Å². The van der Waals surface area contributed by atoms with Crippen molar-refractivity contribution in [2.75, 3.05) is 6.61 Å². The molecule has 1 unspecified atom stereocenters. The highest BCUT2D eigenvalue weighted by Crippen LogP contribution is 2.46. The van der Waals surface area contributed by atoms with E-state index in [0.717, 1.165) is 12.8 Å². The van der Waals surface area contributed by atoms with Crippen LogP contribution in [0.1, 0.15) is 53.0 Å². The topological polar surface area (TPSA) is 40.5 Å². The fourth-order valence-electron chi connectivity index (χ4n) is 3.19. The van der Waals surface area contributed by atoms with Gasteiger partial charge in [0.15, 0.2) is 0 Å². The monoisotopic (exact) mass is 278 g/mol. The summed E-state index contributed by atoms with van der Waals surface area (Å²) in [4.78, 5) is 0. The van der Waals surface area contributed by atoms with Gasteiger partial charge < -0.3 is 10.2 Å². The number of hydrogen-bond donors (Lipinski definition) is 2. The third-order valence-corrected chi connectivity index (χ3v) is 4.14. The number of aliphatic hydroxyl groups is 2. The van der Waals surface area contributed by atoms with Crippen molar-refractivity contribution in [3.63, 3.8) is 0 Å². The zero-order chi connectivity index (χ0) is 15.4. The normalized spacial score (nSPS) is 15.9. The Morgan fingerprint density at radius 1 is 0.950 bits per heavy atom. The van der Waals surface area contributed by atoms with Crippen LogP contribution in [0.15, 0.2) is 30.3 Å². The molecule has 0 spiro atoms. The first-order valence-electron chi connectivity index (χ1n) is 7.47. The second-order valence-electron chi connectivity index (χ2n) is 7.71. The van der Waals surface area contributed by atoms with Crippen LogP contribution in [0.2, 0.25) is 0 Å². The molecule has 1 rings (SSSR count). The van der Waals surface area contributed by atoms with Gasteiger partial charge in [-0.2, -0.15) is 0 Å². The Labute approximate surface area is 123 Å². The molecule has 0 saturated carbocycles. The summed E-state index contributed by atoms with van der Waals surface area (Å²) in [6.45, 7) is 10.4. The average molecular weight is 278 g/mol. The van der Waals surface area contributed by atoms with Crippen molar-refractivity contribution in [1.29, 1.82) is 0 Å². The van der Waals surface area contributed by atoms with Crippen molar-refractivity contribution in [2.24, 2.45) is 10.8 Å². The van der Waals surface area contributed by atoms with E-state index in [1.54, 1.807) is 0 Å². The summed E-state index contributed by atoms with van der Waals surface area (Å²) in [5.74, 6) is 0. The van der Waals surface area contributed by atoms with Crippen LogP contribution in [0.4, 0.5) is 0 Å². The van der Waals surface area contributed by atoms with E-state index in [9.17, 15) is 10.2 Å². The molecule has 2 heteroatoms. The summed E-state index contributed by atoms with van der Waals surface area (Å²) in [6.07, 6.45) is 2.27. The maximum Gasteiger partial charge on any atom is 0.0651 e. The second-order valence-corrected chi connectivity index (χ2v) is 7.71. The summed E-state index contributed by atoms with van der Waals surface area (Å²) in [5.41, 5.74) is 0.164. The SMILES string of the molecule is CC(C)(C)CC(CCO)(Cc1ccccc1)C(C)(C)O.